The largest absolute Gasteiger partial charge is 0.367 e. The third-order valence-corrected chi connectivity index (χ3v) is 1.69. The molecule has 1 aromatic rings. The fourth-order valence-electron chi connectivity index (χ4n) is 1.09. The summed E-state index contributed by atoms with van der Waals surface area (Å²) in [6.45, 7) is 8.37. The van der Waals surface area contributed by atoms with E-state index in [9.17, 15) is 0 Å². The van der Waals surface area contributed by atoms with Gasteiger partial charge in [0.05, 0.1) is 0 Å². The van der Waals surface area contributed by atoms with Crippen LogP contribution in [0.3, 0.4) is 0 Å². The quantitative estimate of drug-likeness (QED) is 0.671. The van der Waals surface area contributed by atoms with Crippen molar-refractivity contribution in [1.82, 2.24) is 4.98 Å². The molecule has 11 heavy (non-hydrogen) atoms. The van der Waals surface area contributed by atoms with Crippen molar-refractivity contribution in [2.75, 3.05) is 0 Å². The predicted octanol–water partition coefficient (Wildman–Crippen LogP) is 3.17. The van der Waals surface area contributed by atoms with E-state index in [4.69, 9.17) is 0 Å². The van der Waals surface area contributed by atoms with E-state index in [2.05, 4.69) is 31.2 Å². The van der Waals surface area contributed by atoms with Gasteiger partial charge in [0.2, 0.25) is 0 Å². The van der Waals surface area contributed by atoms with Crippen molar-refractivity contribution < 1.29 is 0 Å². The standard InChI is InChI=1S/C8H13N.C2H6/c1-3-7-5-9-6-8(7)4-2;1-2/h5-6,9H,3-4H2,1-2H3;1-2H3. The average molecular weight is 153 g/mol. The summed E-state index contributed by atoms with van der Waals surface area (Å²) in [6.07, 6.45) is 6.46. The zero-order valence-corrected chi connectivity index (χ0v) is 8.07. The third kappa shape index (κ3) is 2.79. The summed E-state index contributed by atoms with van der Waals surface area (Å²) < 4.78 is 0. The Morgan fingerprint density at radius 3 is 1.64 bits per heavy atom. The highest BCUT2D eigenvalue weighted by atomic mass is 14.6. The molecule has 0 spiro atoms. The van der Waals surface area contributed by atoms with Gasteiger partial charge in [-0.3, -0.25) is 0 Å². The Morgan fingerprint density at radius 1 is 1.00 bits per heavy atom. The van der Waals surface area contributed by atoms with Crippen molar-refractivity contribution in [2.24, 2.45) is 0 Å². The van der Waals surface area contributed by atoms with Crippen molar-refractivity contribution in [3.8, 4) is 0 Å². The second kappa shape index (κ2) is 6.02. The zero-order valence-electron chi connectivity index (χ0n) is 8.07. The highest BCUT2D eigenvalue weighted by Crippen LogP contribution is 2.07. The Hall–Kier alpha value is -0.720. The maximum absolute atomic E-state index is 3.10. The average Bonchev–Trinajstić information content (AvgIpc) is 2.54. The van der Waals surface area contributed by atoms with Crippen LogP contribution in [0.4, 0.5) is 0 Å². The first-order valence-corrected chi connectivity index (χ1v) is 4.53. The highest BCUT2D eigenvalue weighted by Gasteiger charge is 1.95. The number of aromatic nitrogens is 1. The maximum Gasteiger partial charge on any atom is 0.00400 e. The zero-order chi connectivity index (χ0) is 8.69. The van der Waals surface area contributed by atoms with Gasteiger partial charge in [-0.15, -0.1) is 0 Å². The first-order valence-electron chi connectivity index (χ1n) is 4.53. The van der Waals surface area contributed by atoms with Gasteiger partial charge in [-0.05, 0) is 24.0 Å². The van der Waals surface area contributed by atoms with Crippen molar-refractivity contribution in [3.63, 3.8) is 0 Å². The number of aryl methyl sites for hydroxylation is 2. The Labute approximate surface area is 69.8 Å². The number of hydrogen-bond acceptors (Lipinski definition) is 0. The second-order valence-electron chi connectivity index (χ2n) is 2.21. The molecule has 0 aliphatic carbocycles. The molecule has 0 atom stereocenters. The van der Waals surface area contributed by atoms with E-state index < -0.39 is 0 Å². The SMILES string of the molecule is CC.CCc1c[nH]cc1CC. The van der Waals surface area contributed by atoms with Gasteiger partial charge in [-0.1, -0.05) is 27.7 Å². The molecule has 0 saturated carbocycles. The number of aromatic amines is 1. The molecule has 64 valence electrons. The van der Waals surface area contributed by atoms with Crippen LogP contribution in [0.2, 0.25) is 0 Å². The molecule has 0 aromatic carbocycles. The summed E-state index contributed by atoms with van der Waals surface area (Å²) in [5, 5.41) is 0. The van der Waals surface area contributed by atoms with Crippen LogP contribution < -0.4 is 0 Å². The van der Waals surface area contributed by atoms with Gasteiger partial charge < -0.3 is 4.98 Å². The lowest BCUT2D eigenvalue weighted by Crippen LogP contribution is -1.81. The fraction of sp³-hybridized carbons (Fsp3) is 0.600. The number of nitrogens with one attached hydrogen (secondary N) is 1. The molecule has 0 bridgehead atoms. The minimum atomic E-state index is 1.15. The molecular weight excluding hydrogens is 134 g/mol. The van der Waals surface area contributed by atoms with Crippen LogP contribution in [0.5, 0.6) is 0 Å². The molecule has 0 amide bonds. The third-order valence-electron chi connectivity index (χ3n) is 1.69. The van der Waals surface area contributed by atoms with Crippen LogP contribution in [-0.2, 0) is 12.8 Å². The smallest absolute Gasteiger partial charge is 0.00400 e. The lowest BCUT2D eigenvalue weighted by atomic mass is 10.1. The fourth-order valence-corrected chi connectivity index (χ4v) is 1.09. The van der Waals surface area contributed by atoms with Gasteiger partial charge in [-0.25, -0.2) is 0 Å². The Morgan fingerprint density at radius 2 is 1.36 bits per heavy atom. The second-order valence-corrected chi connectivity index (χ2v) is 2.21. The van der Waals surface area contributed by atoms with Gasteiger partial charge in [0.15, 0.2) is 0 Å². The van der Waals surface area contributed by atoms with E-state index in [1.165, 1.54) is 11.1 Å². The van der Waals surface area contributed by atoms with Crippen LogP contribution in [0, 0.1) is 0 Å². The highest BCUT2D eigenvalue weighted by molar-refractivity contribution is 5.22. The molecule has 0 radical (unpaired) electrons. The normalized spacial score (nSPS) is 8.73. The summed E-state index contributed by atoms with van der Waals surface area (Å²) in [5.74, 6) is 0. The van der Waals surface area contributed by atoms with Crippen LogP contribution in [0.15, 0.2) is 12.4 Å². The molecule has 0 aliphatic heterocycles. The van der Waals surface area contributed by atoms with Crippen molar-refractivity contribution in [1.29, 1.82) is 0 Å². The predicted molar refractivity (Wildman–Crippen MR) is 50.9 cm³/mol. The molecule has 1 rings (SSSR count). The first-order chi connectivity index (χ1) is 5.38. The Balaban J connectivity index is 0.000000461. The lowest BCUT2D eigenvalue weighted by molar-refractivity contribution is 1.06. The van der Waals surface area contributed by atoms with E-state index >= 15 is 0 Å². The van der Waals surface area contributed by atoms with Gasteiger partial charge in [-0.2, -0.15) is 0 Å². The number of H-pyrrole nitrogens is 1. The lowest BCUT2D eigenvalue weighted by Gasteiger charge is -1.92. The molecule has 0 aliphatic rings. The van der Waals surface area contributed by atoms with Crippen molar-refractivity contribution in [2.45, 2.75) is 40.5 Å². The molecule has 1 heteroatoms. The monoisotopic (exact) mass is 153 g/mol. The van der Waals surface area contributed by atoms with E-state index in [0.717, 1.165) is 12.8 Å². The molecule has 1 nitrogen and oxygen atoms in total. The molecule has 1 aromatic heterocycles. The Kier molecular flexibility index (Phi) is 5.63. The van der Waals surface area contributed by atoms with E-state index in [0.29, 0.717) is 0 Å². The first kappa shape index (κ1) is 10.3. The summed E-state index contributed by atoms with van der Waals surface area (Å²) in [7, 11) is 0. The van der Waals surface area contributed by atoms with Gasteiger partial charge in [0.25, 0.3) is 0 Å². The summed E-state index contributed by atoms with van der Waals surface area (Å²) in [5.41, 5.74) is 2.91. The molecule has 1 N–H and O–H groups in total. The number of hydrogen-bond donors (Lipinski definition) is 1. The van der Waals surface area contributed by atoms with Crippen LogP contribution >= 0.6 is 0 Å². The minimum Gasteiger partial charge on any atom is -0.367 e. The van der Waals surface area contributed by atoms with Crippen LogP contribution in [-0.4, -0.2) is 4.98 Å². The summed E-state index contributed by atoms with van der Waals surface area (Å²) in [4.78, 5) is 3.10. The molecule has 0 unspecified atom stereocenters. The number of rotatable bonds is 2. The minimum absolute atomic E-state index is 1.15. The van der Waals surface area contributed by atoms with Crippen LogP contribution in [0.25, 0.3) is 0 Å². The van der Waals surface area contributed by atoms with Gasteiger partial charge >= 0.3 is 0 Å². The topological polar surface area (TPSA) is 15.8 Å². The molecular formula is C10H19N. The Bertz CT molecular complexity index is 158. The van der Waals surface area contributed by atoms with Gasteiger partial charge in [0.1, 0.15) is 0 Å². The van der Waals surface area contributed by atoms with Crippen molar-refractivity contribution in [3.05, 3.63) is 23.5 Å². The maximum atomic E-state index is 3.10. The summed E-state index contributed by atoms with van der Waals surface area (Å²) >= 11 is 0. The van der Waals surface area contributed by atoms with E-state index in [1.54, 1.807) is 0 Å². The summed E-state index contributed by atoms with van der Waals surface area (Å²) in [6, 6.07) is 0. The molecule has 1 heterocycles. The van der Waals surface area contributed by atoms with E-state index in [-0.39, 0.29) is 0 Å². The van der Waals surface area contributed by atoms with Gasteiger partial charge in [0, 0.05) is 12.4 Å². The van der Waals surface area contributed by atoms with E-state index in [1.807, 2.05) is 13.8 Å². The van der Waals surface area contributed by atoms with Crippen LogP contribution in [0.1, 0.15) is 38.8 Å². The van der Waals surface area contributed by atoms with Crippen molar-refractivity contribution >= 4 is 0 Å². The molecule has 0 fully saturated rings. The molecule has 0 saturated heterocycles.